The average Bonchev–Trinajstić information content (AvgIpc) is 2.81. The number of ether oxygens (including phenoxy) is 1. The Hall–Kier alpha value is -1.35. The van der Waals surface area contributed by atoms with Crippen LogP contribution in [0.2, 0.25) is 0 Å². The van der Waals surface area contributed by atoms with E-state index in [1.165, 1.54) is 6.42 Å². The highest BCUT2D eigenvalue weighted by Gasteiger charge is 2.19. The molecule has 0 bridgehead atoms. The molecular formula is C12H15NO2. The molecular weight excluding hydrogens is 190 g/mol. The van der Waals surface area contributed by atoms with Crippen LogP contribution in [0.5, 0.6) is 5.75 Å². The number of nitrogens with one attached hydrogen (secondary N) is 1. The predicted molar refractivity (Wildman–Crippen MR) is 58.4 cm³/mol. The Morgan fingerprint density at radius 2 is 2.40 bits per heavy atom. The number of benzene rings is 1. The van der Waals surface area contributed by atoms with E-state index < -0.39 is 0 Å². The molecule has 1 saturated heterocycles. The van der Waals surface area contributed by atoms with Gasteiger partial charge >= 0.3 is 0 Å². The summed E-state index contributed by atoms with van der Waals surface area (Å²) in [4.78, 5) is 11.0. The fraction of sp³-hybridized carbons (Fsp3) is 0.417. The Bertz CT molecular complexity index is 357. The molecule has 1 aromatic rings. The summed E-state index contributed by atoms with van der Waals surface area (Å²) in [6.45, 7) is 1.04. The summed E-state index contributed by atoms with van der Waals surface area (Å²) in [5, 5.41) is 3.39. The van der Waals surface area contributed by atoms with Gasteiger partial charge in [0.05, 0.1) is 7.11 Å². The zero-order chi connectivity index (χ0) is 10.7. The largest absolute Gasteiger partial charge is 0.497 e. The molecule has 1 unspecified atom stereocenters. The van der Waals surface area contributed by atoms with E-state index in [9.17, 15) is 4.79 Å². The second kappa shape index (κ2) is 4.45. The number of rotatable bonds is 3. The molecule has 80 valence electrons. The monoisotopic (exact) mass is 205 g/mol. The molecule has 0 aromatic heterocycles. The first-order chi connectivity index (χ1) is 7.35. The van der Waals surface area contributed by atoms with Gasteiger partial charge in [-0.1, -0.05) is 6.07 Å². The minimum absolute atomic E-state index is 0.330. The van der Waals surface area contributed by atoms with Gasteiger partial charge < -0.3 is 10.1 Å². The van der Waals surface area contributed by atoms with Crippen LogP contribution in [0.3, 0.4) is 0 Å². The van der Waals surface area contributed by atoms with E-state index in [1.54, 1.807) is 13.2 Å². The molecule has 3 nitrogen and oxygen atoms in total. The SMILES string of the molecule is COc1ccc(C2CCCN2)c(C=O)c1. The highest BCUT2D eigenvalue weighted by molar-refractivity contribution is 5.78. The van der Waals surface area contributed by atoms with Crippen molar-refractivity contribution in [2.75, 3.05) is 13.7 Å². The third-order valence-corrected chi connectivity index (χ3v) is 2.86. The van der Waals surface area contributed by atoms with Gasteiger partial charge in [-0.05, 0) is 37.1 Å². The first-order valence-corrected chi connectivity index (χ1v) is 5.21. The molecule has 0 saturated carbocycles. The number of methoxy groups -OCH3 is 1. The molecule has 0 spiro atoms. The van der Waals surface area contributed by atoms with Crippen LogP contribution in [0, 0.1) is 0 Å². The lowest BCUT2D eigenvalue weighted by molar-refractivity contribution is 0.112. The van der Waals surface area contributed by atoms with Crippen LogP contribution in [-0.4, -0.2) is 19.9 Å². The molecule has 2 rings (SSSR count). The van der Waals surface area contributed by atoms with Crippen LogP contribution in [0.4, 0.5) is 0 Å². The van der Waals surface area contributed by atoms with E-state index in [-0.39, 0.29) is 0 Å². The van der Waals surface area contributed by atoms with Gasteiger partial charge in [0.1, 0.15) is 5.75 Å². The van der Waals surface area contributed by atoms with Gasteiger partial charge in [-0.15, -0.1) is 0 Å². The Morgan fingerprint density at radius 3 is 3.00 bits per heavy atom. The van der Waals surface area contributed by atoms with Gasteiger partial charge in [-0.3, -0.25) is 4.79 Å². The van der Waals surface area contributed by atoms with Crippen LogP contribution in [0.1, 0.15) is 34.8 Å². The lowest BCUT2D eigenvalue weighted by atomic mass is 9.99. The summed E-state index contributed by atoms with van der Waals surface area (Å²) in [7, 11) is 1.61. The minimum Gasteiger partial charge on any atom is -0.497 e. The lowest BCUT2D eigenvalue weighted by Crippen LogP contribution is -2.14. The summed E-state index contributed by atoms with van der Waals surface area (Å²) in [6, 6.07) is 6.01. The molecule has 1 fully saturated rings. The van der Waals surface area contributed by atoms with Gasteiger partial charge in [0.2, 0.25) is 0 Å². The van der Waals surface area contributed by atoms with Crippen molar-refractivity contribution in [3.05, 3.63) is 29.3 Å². The normalized spacial score (nSPS) is 20.2. The first-order valence-electron chi connectivity index (χ1n) is 5.21. The Morgan fingerprint density at radius 1 is 1.53 bits per heavy atom. The van der Waals surface area contributed by atoms with Crippen molar-refractivity contribution < 1.29 is 9.53 Å². The fourth-order valence-electron chi connectivity index (χ4n) is 2.05. The van der Waals surface area contributed by atoms with Gasteiger partial charge in [-0.25, -0.2) is 0 Å². The fourth-order valence-corrected chi connectivity index (χ4v) is 2.05. The smallest absolute Gasteiger partial charge is 0.150 e. The van der Waals surface area contributed by atoms with E-state index in [0.29, 0.717) is 6.04 Å². The van der Waals surface area contributed by atoms with Gasteiger partial charge in [0.25, 0.3) is 0 Å². The van der Waals surface area contributed by atoms with Crippen molar-refractivity contribution in [1.82, 2.24) is 5.32 Å². The van der Waals surface area contributed by atoms with Gasteiger partial charge in [0, 0.05) is 11.6 Å². The second-order valence-electron chi connectivity index (χ2n) is 3.76. The highest BCUT2D eigenvalue weighted by Crippen LogP contribution is 2.27. The zero-order valence-electron chi connectivity index (χ0n) is 8.82. The molecule has 0 radical (unpaired) electrons. The predicted octanol–water partition coefficient (Wildman–Crippen LogP) is 1.93. The Kier molecular flexibility index (Phi) is 3.02. The summed E-state index contributed by atoms with van der Waals surface area (Å²) in [5.74, 6) is 0.735. The number of carbonyl (C=O) groups is 1. The van der Waals surface area contributed by atoms with E-state index in [2.05, 4.69) is 5.32 Å². The maximum Gasteiger partial charge on any atom is 0.150 e. The summed E-state index contributed by atoms with van der Waals surface area (Å²) in [6.07, 6.45) is 3.18. The van der Waals surface area contributed by atoms with E-state index in [1.807, 2.05) is 12.1 Å². The molecule has 1 heterocycles. The van der Waals surface area contributed by atoms with E-state index in [4.69, 9.17) is 4.74 Å². The Balaban J connectivity index is 2.33. The van der Waals surface area contributed by atoms with Crippen molar-refractivity contribution in [2.45, 2.75) is 18.9 Å². The molecule has 1 aliphatic rings. The topological polar surface area (TPSA) is 38.3 Å². The Labute approximate surface area is 89.4 Å². The van der Waals surface area contributed by atoms with Crippen LogP contribution in [-0.2, 0) is 0 Å². The molecule has 0 aliphatic carbocycles. The summed E-state index contributed by atoms with van der Waals surface area (Å²) >= 11 is 0. The molecule has 1 aliphatic heterocycles. The molecule has 1 aromatic carbocycles. The molecule has 0 amide bonds. The number of hydrogen-bond acceptors (Lipinski definition) is 3. The minimum atomic E-state index is 0.330. The van der Waals surface area contributed by atoms with Gasteiger partial charge in [-0.2, -0.15) is 0 Å². The number of carbonyl (C=O) groups excluding carboxylic acids is 1. The van der Waals surface area contributed by atoms with E-state index in [0.717, 1.165) is 36.1 Å². The maximum absolute atomic E-state index is 11.0. The van der Waals surface area contributed by atoms with Crippen molar-refractivity contribution in [3.8, 4) is 5.75 Å². The van der Waals surface area contributed by atoms with Crippen LogP contribution in [0.15, 0.2) is 18.2 Å². The van der Waals surface area contributed by atoms with Crippen LogP contribution < -0.4 is 10.1 Å². The van der Waals surface area contributed by atoms with Gasteiger partial charge in [0.15, 0.2) is 6.29 Å². The number of hydrogen-bond donors (Lipinski definition) is 1. The highest BCUT2D eigenvalue weighted by atomic mass is 16.5. The second-order valence-corrected chi connectivity index (χ2v) is 3.76. The molecule has 1 N–H and O–H groups in total. The number of aldehydes is 1. The summed E-state index contributed by atoms with van der Waals surface area (Å²) < 4.78 is 5.10. The molecule has 1 atom stereocenters. The van der Waals surface area contributed by atoms with E-state index >= 15 is 0 Å². The van der Waals surface area contributed by atoms with Crippen LogP contribution in [0.25, 0.3) is 0 Å². The third kappa shape index (κ3) is 2.02. The average molecular weight is 205 g/mol. The quantitative estimate of drug-likeness (QED) is 0.766. The van der Waals surface area contributed by atoms with Crippen molar-refractivity contribution in [1.29, 1.82) is 0 Å². The van der Waals surface area contributed by atoms with Crippen molar-refractivity contribution in [2.24, 2.45) is 0 Å². The van der Waals surface area contributed by atoms with Crippen LogP contribution >= 0.6 is 0 Å². The maximum atomic E-state index is 11.0. The molecule has 15 heavy (non-hydrogen) atoms. The van der Waals surface area contributed by atoms with Crippen molar-refractivity contribution >= 4 is 6.29 Å². The summed E-state index contributed by atoms with van der Waals surface area (Å²) in [5.41, 5.74) is 1.82. The zero-order valence-corrected chi connectivity index (χ0v) is 8.82. The lowest BCUT2D eigenvalue weighted by Gasteiger charge is -2.13. The van der Waals surface area contributed by atoms with Crippen molar-refractivity contribution in [3.63, 3.8) is 0 Å². The first kappa shape index (κ1) is 10.2. The third-order valence-electron chi connectivity index (χ3n) is 2.86. The standard InChI is InChI=1S/C12H15NO2/c1-15-10-4-5-11(9(7-10)8-14)12-3-2-6-13-12/h4-5,7-8,12-13H,2-3,6H2,1H3. The molecule has 3 heteroatoms.